The Labute approximate surface area is 134 Å². The standard InChI is InChI=1S/C16H18N6O/c1-10-11(8-22(2)3)6-12(19-10)7-13-15(20-21-16(13)23)14-4-5-17-9-18-14/h4-7,9,19H,8H2,1-3H3,(H,21,23)/b13-7+. The van der Waals surface area contributed by atoms with Crippen LogP contribution < -0.4 is 5.43 Å². The summed E-state index contributed by atoms with van der Waals surface area (Å²) in [6.07, 6.45) is 4.86. The first-order valence-corrected chi connectivity index (χ1v) is 7.24. The maximum atomic E-state index is 12.1. The minimum atomic E-state index is -0.236. The molecule has 1 aliphatic rings. The Morgan fingerprint density at radius 2 is 2.17 bits per heavy atom. The molecule has 3 heterocycles. The molecule has 3 rings (SSSR count). The first-order valence-electron chi connectivity index (χ1n) is 7.24. The van der Waals surface area contributed by atoms with Crippen molar-refractivity contribution < 1.29 is 4.79 Å². The van der Waals surface area contributed by atoms with Crippen LogP contribution in [0, 0.1) is 6.92 Å². The lowest BCUT2D eigenvalue weighted by molar-refractivity contribution is -0.116. The summed E-state index contributed by atoms with van der Waals surface area (Å²) in [6.45, 7) is 2.86. The van der Waals surface area contributed by atoms with Gasteiger partial charge in [0.15, 0.2) is 0 Å². The molecule has 0 fully saturated rings. The van der Waals surface area contributed by atoms with Gasteiger partial charge in [-0.05, 0) is 44.8 Å². The van der Waals surface area contributed by atoms with Crippen molar-refractivity contribution in [2.24, 2.45) is 5.10 Å². The lowest BCUT2D eigenvalue weighted by Crippen LogP contribution is -2.14. The maximum absolute atomic E-state index is 12.1. The minimum absolute atomic E-state index is 0.236. The topological polar surface area (TPSA) is 86.3 Å². The SMILES string of the molecule is Cc1[nH]c(/C=C2/C(=O)NN=C2c2ccncn2)cc1CN(C)C. The van der Waals surface area contributed by atoms with Gasteiger partial charge in [-0.25, -0.2) is 15.4 Å². The lowest BCUT2D eigenvalue weighted by atomic mass is 10.1. The first-order chi connectivity index (χ1) is 11.0. The minimum Gasteiger partial charge on any atom is -0.359 e. The summed E-state index contributed by atoms with van der Waals surface area (Å²) in [4.78, 5) is 25.5. The predicted molar refractivity (Wildman–Crippen MR) is 87.6 cm³/mol. The molecule has 0 unspecified atom stereocenters. The van der Waals surface area contributed by atoms with Gasteiger partial charge in [0.25, 0.3) is 5.91 Å². The maximum Gasteiger partial charge on any atom is 0.273 e. The average Bonchev–Trinajstić information content (AvgIpc) is 3.04. The number of aromatic amines is 1. The number of rotatable bonds is 4. The van der Waals surface area contributed by atoms with Crippen molar-refractivity contribution in [2.45, 2.75) is 13.5 Å². The third kappa shape index (κ3) is 3.19. The number of nitrogens with zero attached hydrogens (tertiary/aromatic N) is 4. The van der Waals surface area contributed by atoms with Crippen LogP contribution in [0.1, 0.15) is 22.6 Å². The third-order valence-electron chi connectivity index (χ3n) is 3.52. The summed E-state index contributed by atoms with van der Waals surface area (Å²) in [5.74, 6) is -0.236. The van der Waals surface area contributed by atoms with Gasteiger partial charge < -0.3 is 9.88 Å². The fourth-order valence-electron chi connectivity index (χ4n) is 2.46. The zero-order chi connectivity index (χ0) is 16.4. The van der Waals surface area contributed by atoms with E-state index in [0.29, 0.717) is 17.0 Å². The number of aromatic nitrogens is 3. The van der Waals surface area contributed by atoms with Gasteiger partial charge in [0.05, 0.1) is 11.3 Å². The fraction of sp³-hybridized carbons (Fsp3) is 0.250. The van der Waals surface area contributed by atoms with Gasteiger partial charge in [-0.3, -0.25) is 4.79 Å². The summed E-state index contributed by atoms with van der Waals surface area (Å²) in [5.41, 5.74) is 7.27. The number of H-pyrrole nitrogens is 1. The molecule has 0 spiro atoms. The van der Waals surface area contributed by atoms with Crippen LogP contribution in [0.25, 0.3) is 6.08 Å². The van der Waals surface area contributed by atoms with Crippen LogP contribution in [0.15, 0.2) is 35.3 Å². The van der Waals surface area contributed by atoms with Crippen molar-refractivity contribution in [3.8, 4) is 0 Å². The molecule has 2 aromatic rings. The largest absolute Gasteiger partial charge is 0.359 e. The molecule has 23 heavy (non-hydrogen) atoms. The van der Waals surface area contributed by atoms with Crippen LogP contribution in [-0.2, 0) is 11.3 Å². The van der Waals surface area contributed by atoms with E-state index in [1.807, 2.05) is 27.1 Å². The Bertz CT molecular complexity index is 788. The molecular weight excluding hydrogens is 292 g/mol. The van der Waals surface area contributed by atoms with E-state index in [9.17, 15) is 4.79 Å². The molecule has 1 aliphatic heterocycles. The molecular formula is C16H18N6O. The Morgan fingerprint density at radius 1 is 1.35 bits per heavy atom. The van der Waals surface area contributed by atoms with Crippen LogP contribution in [0.4, 0.5) is 0 Å². The van der Waals surface area contributed by atoms with E-state index in [2.05, 4.69) is 30.4 Å². The second kappa shape index (κ2) is 6.13. The quantitative estimate of drug-likeness (QED) is 0.828. The van der Waals surface area contributed by atoms with Gasteiger partial charge >= 0.3 is 0 Å². The number of aryl methyl sites for hydroxylation is 1. The highest BCUT2D eigenvalue weighted by atomic mass is 16.2. The van der Waals surface area contributed by atoms with E-state index in [1.54, 1.807) is 18.3 Å². The highest BCUT2D eigenvalue weighted by molar-refractivity contribution is 6.32. The molecule has 0 bridgehead atoms. The van der Waals surface area contributed by atoms with E-state index >= 15 is 0 Å². The number of hydrazone groups is 1. The number of hydrogen-bond acceptors (Lipinski definition) is 5. The third-order valence-corrected chi connectivity index (χ3v) is 3.52. The van der Waals surface area contributed by atoms with Crippen LogP contribution in [0.2, 0.25) is 0 Å². The predicted octanol–water partition coefficient (Wildman–Crippen LogP) is 1.09. The molecule has 1 amide bonds. The molecule has 2 aromatic heterocycles. The van der Waals surface area contributed by atoms with Gasteiger partial charge in [-0.1, -0.05) is 0 Å². The smallest absolute Gasteiger partial charge is 0.273 e. The van der Waals surface area contributed by atoms with E-state index in [4.69, 9.17) is 0 Å². The summed E-state index contributed by atoms with van der Waals surface area (Å²) in [6, 6.07) is 3.77. The zero-order valence-corrected chi connectivity index (χ0v) is 13.3. The second-order valence-electron chi connectivity index (χ2n) is 5.67. The number of carbonyl (C=O) groups is 1. The molecule has 7 nitrogen and oxygen atoms in total. The van der Waals surface area contributed by atoms with Crippen molar-refractivity contribution in [2.75, 3.05) is 14.1 Å². The first kappa shape index (κ1) is 15.1. The summed E-state index contributed by atoms with van der Waals surface area (Å²) in [5, 5.41) is 4.08. The molecule has 2 N–H and O–H groups in total. The molecule has 0 aliphatic carbocycles. The van der Waals surface area contributed by atoms with Crippen molar-refractivity contribution in [3.63, 3.8) is 0 Å². The lowest BCUT2D eigenvalue weighted by Gasteiger charge is -2.07. The highest BCUT2D eigenvalue weighted by Crippen LogP contribution is 2.18. The number of carbonyl (C=O) groups excluding carboxylic acids is 1. The highest BCUT2D eigenvalue weighted by Gasteiger charge is 2.25. The van der Waals surface area contributed by atoms with Gasteiger partial charge in [-0.2, -0.15) is 5.10 Å². The molecule has 7 heteroatoms. The molecule has 0 radical (unpaired) electrons. The summed E-state index contributed by atoms with van der Waals surface area (Å²) >= 11 is 0. The molecule has 0 atom stereocenters. The number of nitrogens with one attached hydrogen (secondary N) is 2. The molecule has 0 saturated heterocycles. The van der Waals surface area contributed by atoms with Crippen LogP contribution in [0.5, 0.6) is 0 Å². The Hall–Kier alpha value is -2.80. The Kier molecular flexibility index (Phi) is 4.03. The Morgan fingerprint density at radius 3 is 2.87 bits per heavy atom. The fourth-order valence-corrected chi connectivity index (χ4v) is 2.46. The molecule has 118 valence electrons. The van der Waals surface area contributed by atoms with Crippen molar-refractivity contribution in [1.29, 1.82) is 0 Å². The van der Waals surface area contributed by atoms with Crippen LogP contribution in [-0.4, -0.2) is 45.6 Å². The van der Waals surface area contributed by atoms with Gasteiger partial charge in [0.2, 0.25) is 0 Å². The van der Waals surface area contributed by atoms with Crippen molar-refractivity contribution >= 4 is 17.7 Å². The van der Waals surface area contributed by atoms with Crippen molar-refractivity contribution in [3.05, 3.63) is 52.9 Å². The molecule has 0 saturated carbocycles. The van der Waals surface area contributed by atoms with Crippen molar-refractivity contribution in [1.82, 2.24) is 25.3 Å². The van der Waals surface area contributed by atoms with E-state index in [-0.39, 0.29) is 5.91 Å². The monoisotopic (exact) mass is 310 g/mol. The van der Waals surface area contributed by atoms with E-state index < -0.39 is 0 Å². The number of amides is 1. The van der Waals surface area contributed by atoms with E-state index in [0.717, 1.165) is 17.9 Å². The normalized spacial score (nSPS) is 16.1. The Balaban J connectivity index is 1.94. The summed E-state index contributed by atoms with van der Waals surface area (Å²) < 4.78 is 0. The summed E-state index contributed by atoms with van der Waals surface area (Å²) in [7, 11) is 4.05. The van der Waals surface area contributed by atoms with Gasteiger partial charge in [0, 0.05) is 24.1 Å². The van der Waals surface area contributed by atoms with E-state index in [1.165, 1.54) is 11.9 Å². The molecule has 0 aromatic carbocycles. The second-order valence-corrected chi connectivity index (χ2v) is 5.67. The van der Waals surface area contributed by atoms with Crippen LogP contribution >= 0.6 is 0 Å². The van der Waals surface area contributed by atoms with Gasteiger partial charge in [-0.15, -0.1) is 0 Å². The van der Waals surface area contributed by atoms with Gasteiger partial charge in [0.1, 0.15) is 12.0 Å². The van der Waals surface area contributed by atoms with Crippen LogP contribution in [0.3, 0.4) is 0 Å². The zero-order valence-electron chi connectivity index (χ0n) is 13.3. The number of hydrogen-bond donors (Lipinski definition) is 2. The average molecular weight is 310 g/mol.